The molecule has 8 nitrogen and oxygen atoms in total. The minimum absolute atomic E-state index is 0. The number of carboxylic acids is 1. The van der Waals surface area contributed by atoms with E-state index in [-0.39, 0.29) is 39.1 Å². The molecule has 0 atom stereocenters. The third kappa shape index (κ3) is 20.6. The van der Waals surface area contributed by atoms with Crippen molar-refractivity contribution in [2.75, 3.05) is 0 Å². The van der Waals surface area contributed by atoms with E-state index in [9.17, 15) is 4.79 Å². The predicted molar refractivity (Wildman–Crippen MR) is 49.4 cm³/mol. The van der Waals surface area contributed by atoms with Crippen LogP contribution in [0.2, 0.25) is 0 Å². The van der Waals surface area contributed by atoms with Crippen LogP contribution in [0, 0.1) is 32.4 Å². The van der Waals surface area contributed by atoms with Crippen LogP contribution >= 0.6 is 0 Å². The van der Waals surface area contributed by atoms with Crippen molar-refractivity contribution in [2.45, 2.75) is 0 Å². The molecule has 0 saturated carbocycles. The Bertz CT molecular complexity index is 292. The van der Waals surface area contributed by atoms with E-state index in [1.165, 1.54) is 18.2 Å². The second kappa shape index (κ2) is 20.0. The monoisotopic (exact) mass is 330 g/mol. The van der Waals surface area contributed by atoms with Gasteiger partial charge in [-0.3, -0.25) is 16.9 Å². The topological polar surface area (TPSA) is 142 Å². The summed E-state index contributed by atoms with van der Waals surface area (Å²) in [6.07, 6.45) is 0. The molecule has 1 aromatic carbocycles. The molecule has 0 spiro atoms. The van der Waals surface area contributed by atoms with Crippen molar-refractivity contribution in [2.24, 2.45) is 10.7 Å². The molecule has 1 aromatic rings. The third-order valence-corrected chi connectivity index (χ3v) is 0.891. The summed E-state index contributed by atoms with van der Waals surface area (Å²) in [6.45, 7) is 0. The Morgan fingerprint density at radius 3 is 1.59 bits per heavy atom. The van der Waals surface area contributed by atoms with E-state index < -0.39 is 5.97 Å². The van der Waals surface area contributed by atoms with Crippen molar-refractivity contribution >= 4 is 5.97 Å². The van der Waals surface area contributed by atoms with Crippen LogP contribution in [0.1, 0.15) is 10.4 Å². The maximum absolute atomic E-state index is 10.2. The summed E-state index contributed by atoms with van der Waals surface area (Å²) in [4.78, 5) is 26.2. The van der Waals surface area contributed by atoms with Crippen LogP contribution in [0.5, 0.6) is 0 Å². The van der Waals surface area contributed by atoms with Gasteiger partial charge in [0.1, 0.15) is 0 Å². The molecule has 0 aliphatic rings. The van der Waals surface area contributed by atoms with Gasteiger partial charge in [0.15, 0.2) is 0 Å². The van der Waals surface area contributed by atoms with Crippen LogP contribution in [0.3, 0.4) is 0 Å². The molecule has 17 heavy (non-hydrogen) atoms. The molecule has 0 aliphatic heterocycles. The zero-order valence-corrected chi connectivity index (χ0v) is 9.86. The first kappa shape index (κ1) is 24.6. The Morgan fingerprint density at radius 2 is 1.41 bits per heavy atom. The minimum atomic E-state index is -0.942. The van der Waals surface area contributed by atoms with Gasteiger partial charge in [0.25, 0.3) is 0 Å². The SMILES string of the molecule is O=C(O)c1c[c-]c[c-]c1.O=N[O-].O=N[O-].[Co].[Co]. The number of hydrogen-bond donors (Lipinski definition) is 1. The maximum atomic E-state index is 10.2. The van der Waals surface area contributed by atoms with Crippen LogP contribution in [-0.4, -0.2) is 11.1 Å². The third-order valence-electron chi connectivity index (χ3n) is 0.891. The molecule has 0 saturated heterocycles. The summed E-state index contributed by atoms with van der Waals surface area (Å²) < 4.78 is 0. The van der Waals surface area contributed by atoms with Gasteiger partial charge in [-0.15, -0.1) is 10.7 Å². The molecule has 0 heterocycles. The molecule has 100 valence electrons. The molecule has 0 unspecified atom stereocenters. The Morgan fingerprint density at radius 1 is 1.12 bits per heavy atom. The minimum Gasteiger partial charge on any atom is -0.495 e. The average molecular weight is 330 g/mol. The van der Waals surface area contributed by atoms with Crippen molar-refractivity contribution in [1.29, 1.82) is 0 Å². The molecule has 10 heteroatoms. The van der Waals surface area contributed by atoms with E-state index in [1.54, 1.807) is 0 Å². The van der Waals surface area contributed by atoms with Gasteiger partial charge in [0.05, 0.1) is 0 Å². The van der Waals surface area contributed by atoms with E-state index in [0.29, 0.717) is 0 Å². The quantitative estimate of drug-likeness (QED) is 0.469. The standard InChI is InChI=1S/C7H4O2.2Co.2HNO2/c8-7(9)6-4-2-1-3-5-6;;;2*2-1-3/h1,4-5H,(H,8,9);;;2*(H,2,3)/q-2;;;;/p-2. The fourth-order valence-corrected chi connectivity index (χ4v) is 0.476. The Balaban J connectivity index is -0.0000000917. The normalized spacial score (nSPS) is 6.12. The second-order valence-corrected chi connectivity index (χ2v) is 1.68. The summed E-state index contributed by atoms with van der Waals surface area (Å²) in [5.74, 6) is -0.942. The summed E-state index contributed by atoms with van der Waals surface area (Å²) >= 11 is 0. The van der Waals surface area contributed by atoms with Gasteiger partial charge in [0.2, 0.25) is 5.97 Å². The van der Waals surface area contributed by atoms with E-state index in [0.717, 1.165) is 10.7 Å². The van der Waals surface area contributed by atoms with E-state index in [1.807, 2.05) is 0 Å². The smallest absolute Gasteiger partial charge is 0.222 e. The van der Waals surface area contributed by atoms with Crippen LogP contribution in [-0.2, 0) is 33.6 Å². The van der Waals surface area contributed by atoms with Crippen molar-refractivity contribution in [1.82, 2.24) is 0 Å². The zero-order valence-electron chi connectivity index (χ0n) is 7.78. The largest absolute Gasteiger partial charge is 0.495 e. The number of hydrogen-bond acceptors (Lipinski definition) is 7. The first-order chi connectivity index (χ1) is 7.13. The Hall–Kier alpha value is -1.50. The Labute approximate surface area is 116 Å². The molecule has 1 rings (SSSR count). The molecule has 0 aromatic heterocycles. The number of carbonyl (C=O) groups is 1. The summed E-state index contributed by atoms with van der Waals surface area (Å²) in [5, 5.41) is 26.3. The second-order valence-electron chi connectivity index (χ2n) is 1.68. The fourth-order valence-electron chi connectivity index (χ4n) is 0.476. The molecule has 2 radical (unpaired) electrons. The van der Waals surface area contributed by atoms with Gasteiger partial charge in [-0.25, -0.2) is 0 Å². The molecule has 0 bridgehead atoms. The summed E-state index contributed by atoms with van der Waals surface area (Å²) in [7, 11) is 0. The van der Waals surface area contributed by atoms with E-state index >= 15 is 0 Å². The predicted octanol–water partition coefficient (Wildman–Crippen LogP) is 1.48. The molecule has 1 N–H and O–H groups in total. The van der Waals surface area contributed by atoms with E-state index in [2.05, 4.69) is 12.1 Å². The summed E-state index contributed by atoms with van der Waals surface area (Å²) in [6, 6.07) is 9.55. The summed E-state index contributed by atoms with van der Waals surface area (Å²) in [5.41, 5.74) is 0.220. The number of benzene rings is 1. The zero-order chi connectivity index (χ0) is 12.1. The van der Waals surface area contributed by atoms with Gasteiger partial charge >= 0.3 is 0 Å². The molecule has 0 amide bonds. The van der Waals surface area contributed by atoms with Crippen LogP contribution < -0.4 is 0 Å². The van der Waals surface area contributed by atoms with Gasteiger partial charge < -0.3 is 43.5 Å². The molecule has 0 fully saturated rings. The van der Waals surface area contributed by atoms with Crippen molar-refractivity contribution in [3.63, 3.8) is 0 Å². The number of carboxylic acid groups (broad SMARTS) is 1. The number of nitrogens with zero attached hydrogens (tertiary/aromatic N) is 2. The first-order valence-electron chi connectivity index (χ1n) is 3.14. The number of rotatable bonds is 1. The Kier molecular flexibility index (Phi) is 29.0. The average Bonchev–Trinajstić information content (AvgIpc) is 2.21. The van der Waals surface area contributed by atoms with Gasteiger partial charge in [0, 0.05) is 33.6 Å². The van der Waals surface area contributed by atoms with Gasteiger partial charge in [-0.05, 0) is 0 Å². The van der Waals surface area contributed by atoms with Crippen molar-refractivity contribution in [3.05, 3.63) is 56.1 Å². The van der Waals surface area contributed by atoms with Crippen LogP contribution in [0.25, 0.3) is 0 Å². The van der Waals surface area contributed by atoms with Crippen molar-refractivity contribution < 1.29 is 43.5 Å². The van der Waals surface area contributed by atoms with Gasteiger partial charge in [-0.2, -0.15) is 5.56 Å². The first-order valence-corrected chi connectivity index (χ1v) is 3.14. The van der Waals surface area contributed by atoms with Crippen LogP contribution in [0.4, 0.5) is 0 Å². The van der Waals surface area contributed by atoms with Crippen molar-refractivity contribution in [3.8, 4) is 0 Å². The van der Waals surface area contributed by atoms with Gasteiger partial charge in [-0.1, -0.05) is 0 Å². The maximum Gasteiger partial charge on any atom is 0.222 e. The van der Waals surface area contributed by atoms with E-state index in [4.69, 9.17) is 25.3 Å². The molecular formula is C7H4Co2N2O6-4. The fraction of sp³-hybridized carbons (Fsp3) is 0. The molecular weight excluding hydrogens is 326 g/mol. The molecule has 0 aliphatic carbocycles. The van der Waals surface area contributed by atoms with Crippen LogP contribution in [0.15, 0.2) is 28.9 Å². The number of aromatic carboxylic acids is 1.